The molecule has 0 aliphatic heterocycles. The number of nitrogens with one attached hydrogen (secondary N) is 1. The average molecular weight is 583 g/mol. The standard InChI is InChI=1S/C25H28N2O5S.C2HF3O2/c1-3-4-16-27(18-19-8-6-5-7-9-19)24-15-10-20(25(28)29)17-23(24)26-33(30,31)22-13-11-21(32-2)12-14-22;3-2(4,5)1(6)7/h5-15,17,26H,3-4,16,18H2,1-2H3,(H,28,29);(H,6,7). The van der Waals surface area contributed by atoms with E-state index in [1.165, 1.54) is 31.4 Å². The molecule has 40 heavy (non-hydrogen) atoms. The average Bonchev–Trinajstić information content (AvgIpc) is 2.91. The number of ether oxygens (including phenoxy) is 1. The molecule has 0 fully saturated rings. The SMILES string of the molecule is CCCCN(Cc1ccccc1)c1ccc(C(=O)O)cc1NS(=O)(=O)c1ccc(OC)cc1.O=C(O)C(F)(F)F. The van der Waals surface area contributed by atoms with Crippen LogP contribution in [0.5, 0.6) is 5.75 Å². The molecule has 3 N–H and O–H groups in total. The van der Waals surface area contributed by atoms with Gasteiger partial charge in [0, 0.05) is 13.1 Å². The highest BCUT2D eigenvalue weighted by atomic mass is 32.2. The lowest BCUT2D eigenvalue weighted by Gasteiger charge is -2.28. The molecule has 0 aliphatic carbocycles. The Hall–Kier alpha value is -4.26. The summed E-state index contributed by atoms with van der Waals surface area (Å²) in [6.45, 7) is 3.33. The molecule has 3 aromatic rings. The summed E-state index contributed by atoms with van der Waals surface area (Å²) in [5.74, 6) is -3.35. The predicted molar refractivity (Wildman–Crippen MR) is 143 cm³/mol. The van der Waals surface area contributed by atoms with E-state index in [2.05, 4.69) is 16.5 Å². The zero-order valence-electron chi connectivity index (χ0n) is 21.7. The normalized spacial score (nSPS) is 11.1. The Kier molecular flexibility index (Phi) is 11.4. The number of halogens is 3. The number of carboxylic acid groups (broad SMARTS) is 2. The van der Waals surface area contributed by atoms with Gasteiger partial charge in [-0.15, -0.1) is 0 Å². The Balaban J connectivity index is 0.000000708. The summed E-state index contributed by atoms with van der Waals surface area (Å²) in [7, 11) is -2.45. The molecule has 3 rings (SSSR count). The smallest absolute Gasteiger partial charge is 0.490 e. The van der Waals surface area contributed by atoms with Gasteiger partial charge in [-0.1, -0.05) is 43.7 Å². The highest BCUT2D eigenvalue weighted by Crippen LogP contribution is 2.31. The maximum Gasteiger partial charge on any atom is 0.490 e. The van der Waals surface area contributed by atoms with E-state index in [4.69, 9.17) is 14.6 Å². The van der Waals surface area contributed by atoms with Gasteiger partial charge in [0.05, 0.1) is 28.9 Å². The van der Waals surface area contributed by atoms with Gasteiger partial charge in [-0.25, -0.2) is 18.0 Å². The Morgan fingerprint density at radius 3 is 2.08 bits per heavy atom. The Morgan fingerprint density at radius 2 is 1.57 bits per heavy atom. The fourth-order valence-electron chi connectivity index (χ4n) is 3.42. The monoisotopic (exact) mass is 582 g/mol. The van der Waals surface area contributed by atoms with Crippen LogP contribution in [-0.4, -0.2) is 50.4 Å². The Morgan fingerprint density at radius 1 is 0.975 bits per heavy atom. The van der Waals surface area contributed by atoms with Crippen LogP contribution in [0.25, 0.3) is 0 Å². The number of benzene rings is 3. The van der Waals surface area contributed by atoms with Crippen LogP contribution < -0.4 is 14.4 Å². The molecule has 0 heterocycles. The van der Waals surface area contributed by atoms with Crippen molar-refractivity contribution in [3.05, 3.63) is 83.9 Å². The Bertz CT molecular complexity index is 1380. The number of rotatable bonds is 11. The van der Waals surface area contributed by atoms with E-state index in [0.717, 1.165) is 18.4 Å². The third-order valence-corrected chi connectivity index (χ3v) is 6.82. The van der Waals surface area contributed by atoms with E-state index in [1.807, 2.05) is 30.3 Å². The number of carbonyl (C=O) groups is 2. The van der Waals surface area contributed by atoms with Crippen LogP contribution in [0.15, 0.2) is 77.7 Å². The molecule has 13 heteroatoms. The molecule has 0 bridgehead atoms. The largest absolute Gasteiger partial charge is 0.497 e. The second-order valence-electron chi connectivity index (χ2n) is 8.38. The molecule has 0 radical (unpaired) electrons. The van der Waals surface area contributed by atoms with Crippen LogP contribution in [0.4, 0.5) is 24.5 Å². The third-order valence-electron chi connectivity index (χ3n) is 5.44. The van der Waals surface area contributed by atoms with E-state index < -0.39 is 28.1 Å². The van der Waals surface area contributed by atoms with Gasteiger partial charge in [0.1, 0.15) is 5.75 Å². The molecule has 0 saturated carbocycles. The molecule has 0 saturated heterocycles. The summed E-state index contributed by atoms with van der Waals surface area (Å²) < 4.78 is 65.7. The van der Waals surface area contributed by atoms with Crippen molar-refractivity contribution in [1.82, 2.24) is 0 Å². The zero-order chi connectivity index (χ0) is 29.9. The first kappa shape index (κ1) is 32.0. The molecular formula is C27H29F3N2O7S. The minimum atomic E-state index is -5.08. The van der Waals surface area contributed by atoms with Crippen LogP contribution >= 0.6 is 0 Å². The summed E-state index contributed by atoms with van der Waals surface area (Å²) >= 11 is 0. The highest BCUT2D eigenvalue weighted by molar-refractivity contribution is 7.92. The van der Waals surface area contributed by atoms with Gasteiger partial charge in [-0.3, -0.25) is 4.72 Å². The van der Waals surface area contributed by atoms with Gasteiger partial charge in [0.15, 0.2) is 0 Å². The topological polar surface area (TPSA) is 133 Å². The van der Waals surface area contributed by atoms with Crippen molar-refractivity contribution in [1.29, 1.82) is 0 Å². The second kappa shape index (κ2) is 14.2. The van der Waals surface area contributed by atoms with Gasteiger partial charge >= 0.3 is 18.1 Å². The molecule has 9 nitrogen and oxygen atoms in total. The second-order valence-corrected chi connectivity index (χ2v) is 10.1. The first-order valence-corrected chi connectivity index (χ1v) is 13.4. The lowest BCUT2D eigenvalue weighted by Crippen LogP contribution is -2.26. The molecule has 0 aromatic heterocycles. The highest BCUT2D eigenvalue weighted by Gasteiger charge is 2.38. The van der Waals surface area contributed by atoms with Crippen molar-refractivity contribution in [3.8, 4) is 5.75 Å². The molecule has 0 atom stereocenters. The van der Waals surface area contributed by atoms with Crippen molar-refractivity contribution < 1.29 is 46.1 Å². The first-order valence-electron chi connectivity index (χ1n) is 11.9. The van der Waals surface area contributed by atoms with Gasteiger partial charge in [-0.05, 0) is 54.4 Å². The van der Waals surface area contributed by atoms with Gasteiger partial charge in [0.2, 0.25) is 0 Å². The minimum absolute atomic E-state index is 0.00123. The minimum Gasteiger partial charge on any atom is -0.497 e. The molecule has 0 spiro atoms. The number of aliphatic carboxylic acids is 1. The van der Waals surface area contributed by atoms with E-state index in [0.29, 0.717) is 24.5 Å². The number of methoxy groups -OCH3 is 1. The summed E-state index contributed by atoms with van der Waals surface area (Å²) in [6, 6.07) is 20.4. The van der Waals surface area contributed by atoms with Gasteiger partial charge in [-0.2, -0.15) is 13.2 Å². The van der Waals surface area contributed by atoms with E-state index in [9.17, 15) is 31.5 Å². The van der Waals surface area contributed by atoms with Crippen molar-refractivity contribution in [2.45, 2.75) is 37.4 Å². The van der Waals surface area contributed by atoms with E-state index >= 15 is 0 Å². The quantitative estimate of drug-likeness (QED) is 0.265. The number of hydrogen-bond donors (Lipinski definition) is 3. The summed E-state index contributed by atoms with van der Waals surface area (Å²) in [5, 5.41) is 16.6. The molecule has 3 aromatic carbocycles. The van der Waals surface area contributed by atoms with E-state index in [1.54, 1.807) is 18.2 Å². The fraction of sp³-hybridized carbons (Fsp3) is 0.259. The summed E-state index contributed by atoms with van der Waals surface area (Å²) in [6.07, 6.45) is -3.22. The molecule has 0 unspecified atom stereocenters. The summed E-state index contributed by atoms with van der Waals surface area (Å²) in [4.78, 5) is 22.6. The maximum atomic E-state index is 13.1. The van der Waals surface area contributed by atoms with Crippen molar-refractivity contribution >= 4 is 33.3 Å². The molecule has 0 aliphatic rings. The van der Waals surface area contributed by atoms with Gasteiger partial charge < -0.3 is 19.8 Å². The van der Waals surface area contributed by atoms with Crippen LogP contribution in [0, 0.1) is 0 Å². The molecule has 0 amide bonds. The van der Waals surface area contributed by atoms with Crippen LogP contribution in [0.3, 0.4) is 0 Å². The van der Waals surface area contributed by atoms with Crippen LogP contribution in [0.1, 0.15) is 35.7 Å². The predicted octanol–water partition coefficient (Wildman–Crippen LogP) is 5.63. The molecule has 216 valence electrons. The number of hydrogen-bond acceptors (Lipinski definition) is 6. The lowest BCUT2D eigenvalue weighted by atomic mass is 10.1. The van der Waals surface area contributed by atoms with Crippen molar-refractivity contribution in [3.63, 3.8) is 0 Å². The number of sulfonamides is 1. The maximum absolute atomic E-state index is 13.1. The number of carboxylic acids is 2. The summed E-state index contributed by atoms with van der Waals surface area (Å²) in [5.41, 5.74) is 1.91. The van der Waals surface area contributed by atoms with E-state index in [-0.39, 0.29) is 16.1 Å². The van der Waals surface area contributed by atoms with Crippen molar-refractivity contribution in [2.24, 2.45) is 0 Å². The van der Waals surface area contributed by atoms with Crippen molar-refractivity contribution in [2.75, 3.05) is 23.3 Å². The zero-order valence-corrected chi connectivity index (χ0v) is 22.5. The fourth-order valence-corrected chi connectivity index (χ4v) is 4.49. The first-order chi connectivity index (χ1) is 18.8. The van der Waals surface area contributed by atoms with Gasteiger partial charge in [0.25, 0.3) is 10.0 Å². The number of aromatic carboxylic acids is 1. The number of alkyl halides is 3. The number of unbranched alkanes of at least 4 members (excludes halogenated alkanes) is 1. The lowest BCUT2D eigenvalue weighted by molar-refractivity contribution is -0.192. The molecular weight excluding hydrogens is 553 g/mol. The number of anilines is 2. The van der Waals surface area contributed by atoms with Crippen LogP contribution in [0.2, 0.25) is 0 Å². The number of nitrogens with zero attached hydrogens (tertiary/aromatic N) is 1. The third kappa shape index (κ3) is 9.49. The Labute approximate surface area is 229 Å². The van der Waals surface area contributed by atoms with Crippen LogP contribution in [-0.2, 0) is 21.4 Å².